The fraction of sp³-hybridized carbons (Fsp3) is 0.158. The van der Waals surface area contributed by atoms with Gasteiger partial charge < -0.3 is 15.0 Å². The highest BCUT2D eigenvalue weighted by molar-refractivity contribution is 6.35. The SMILES string of the molecule is COc1cc(NC(C)c2cc3cccc(Cl)c3[nH]c2=O)ccc1C#N. The fourth-order valence-corrected chi connectivity index (χ4v) is 2.96. The van der Waals surface area contributed by atoms with Crippen molar-refractivity contribution >= 4 is 28.2 Å². The second-order valence-corrected chi connectivity index (χ2v) is 6.06. The molecule has 1 unspecified atom stereocenters. The molecule has 5 nitrogen and oxygen atoms in total. The first-order valence-corrected chi connectivity index (χ1v) is 8.07. The number of nitrogens with zero attached hydrogens (tertiary/aromatic N) is 1. The van der Waals surface area contributed by atoms with E-state index in [9.17, 15) is 4.79 Å². The lowest BCUT2D eigenvalue weighted by Gasteiger charge is -2.16. The van der Waals surface area contributed by atoms with Crippen LogP contribution in [0.5, 0.6) is 5.75 Å². The topological polar surface area (TPSA) is 77.9 Å². The number of methoxy groups -OCH3 is 1. The van der Waals surface area contributed by atoms with Crippen LogP contribution < -0.4 is 15.6 Å². The zero-order valence-corrected chi connectivity index (χ0v) is 14.5. The number of pyridine rings is 1. The molecule has 6 heteroatoms. The van der Waals surface area contributed by atoms with E-state index in [2.05, 4.69) is 16.4 Å². The smallest absolute Gasteiger partial charge is 0.253 e. The number of fused-ring (bicyclic) bond motifs is 1. The van der Waals surface area contributed by atoms with Crippen LogP contribution in [0.4, 0.5) is 5.69 Å². The summed E-state index contributed by atoms with van der Waals surface area (Å²) < 4.78 is 5.21. The van der Waals surface area contributed by atoms with Gasteiger partial charge in [-0.3, -0.25) is 4.79 Å². The number of aromatic amines is 1. The van der Waals surface area contributed by atoms with Crippen LogP contribution in [0.1, 0.15) is 24.1 Å². The summed E-state index contributed by atoms with van der Waals surface area (Å²) in [6.45, 7) is 1.89. The Balaban J connectivity index is 1.95. The number of ether oxygens (including phenoxy) is 1. The number of benzene rings is 2. The Kier molecular flexibility index (Phi) is 4.64. The predicted molar refractivity (Wildman–Crippen MR) is 99.3 cm³/mol. The molecule has 0 aliphatic carbocycles. The van der Waals surface area contributed by atoms with Crippen LogP contribution in [0.2, 0.25) is 5.02 Å². The highest BCUT2D eigenvalue weighted by atomic mass is 35.5. The van der Waals surface area contributed by atoms with Crippen molar-refractivity contribution in [1.29, 1.82) is 5.26 Å². The van der Waals surface area contributed by atoms with Gasteiger partial charge in [-0.1, -0.05) is 23.7 Å². The summed E-state index contributed by atoms with van der Waals surface area (Å²) in [5, 5.41) is 13.7. The molecule has 0 saturated carbocycles. The molecule has 0 aliphatic heterocycles. The Morgan fingerprint density at radius 1 is 1.28 bits per heavy atom. The van der Waals surface area contributed by atoms with Crippen LogP contribution in [0.25, 0.3) is 10.9 Å². The third-order valence-electron chi connectivity index (χ3n) is 4.03. The number of aromatic nitrogens is 1. The maximum Gasteiger partial charge on any atom is 0.253 e. The number of nitrogens with one attached hydrogen (secondary N) is 2. The van der Waals surface area contributed by atoms with Gasteiger partial charge in [-0.2, -0.15) is 5.26 Å². The van der Waals surface area contributed by atoms with Crippen LogP contribution >= 0.6 is 11.6 Å². The van der Waals surface area contributed by atoms with Crippen molar-refractivity contribution in [2.45, 2.75) is 13.0 Å². The molecule has 3 rings (SSSR count). The number of halogens is 1. The lowest BCUT2D eigenvalue weighted by atomic mass is 10.1. The molecule has 1 atom stereocenters. The van der Waals surface area contributed by atoms with Crippen molar-refractivity contribution in [3.63, 3.8) is 0 Å². The van der Waals surface area contributed by atoms with Gasteiger partial charge in [0.15, 0.2) is 0 Å². The Morgan fingerprint density at radius 3 is 2.80 bits per heavy atom. The minimum atomic E-state index is -0.246. The van der Waals surface area contributed by atoms with E-state index in [1.165, 1.54) is 7.11 Å². The molecular weight excluding hydrogens is 338 g/mol. The van der Waals surface area contributed by atoms with E-state index in [1.807, 2.05) is 25.1 Å². The molecule has 0 aliphatic rings. The van der Waals surface area contributed by atoms with Crippen LogP contribution in [0, 0.1) is 11.3 Å². The average molecular weight is 354 g/mol. The van der Waals surface area contributed by atoms with Gasteiger partial charge in [-0.25, -0.2) is 0 Å². The molecule has 0 radical (unpaired) electrons. The molecule has 25 heavy (non-hydrogen) atoms. The van der Waals surface area contributed by atoms with Crippen molar-refractivity contribution in [3.05, 3.63) is 69.0 Å². The maximum absolute atomic E-state index is 12.4. The van der Waals surface area contributed by atoms with E-state index in [0.29, 0.717) is 27.4 Å². The van der Waals surface area contributed by atoms with E-state index in [0.717, 1.165) is 11.1 Å². The quantitative estimate of drug-likeness (QED) is 0.735. The fourth-order valence-electron chi connectivity index (χ4n) is 2.73. The molecule has 0 bridgehead atoms. The molecule has 1 aromatic heterocycles. The molecule has 2 N–H and O–H groups in total. The van der Waals surface area contributed by atoms with Gasteiger partial charge in [0.05, 0.1) is 29.3 Å². The van der Waals surface area contributed by atoms with Gasteiger partial charge in [0.1, 0.15) is 11.8 Å². The first-order valence-electron chi connectivity index (χ1n) is 7.69. The molecule has 0 amide bonds. The van der Waals surface area contributed by atoms with Crippen LogP contribution in [0.3, 0.4) is 0 Å². The summed E-state index contributed by atoms with van der Waals surface area (Å²) in [5.41, 5.74) is 2.25. The Hall–Kier alpha value is -2.97. The molecule has 126 valence electrons. The second-order valence-electron chi connectivity index (χ2n) is 5.65. The van der Waals surface area contributed by atoms with E-state index >= 15 is 0 Å². The minimum Gasteiger partial charge on any atom is -0.495 e. The van der Waals surface area contributed by atoms with Gasteiger partial charge in [0.2, 0.25) is 0 Å². The van der Waals surface area contributed by atoms with Gasteiger partial charge in [0, 0.05) is 22.7 Å². The summed E-state index contributed by atoms with van der Waals surface area (Å²) >= 11 is 6.13. The zero-order chi connectivity index (χ0) is 18.0. The first kappa shape index (κ1) is 16.9. The van der Waals surface area contributed by atoms with Crippen molar-refractivity contribution < 1.29 is 4.74 Å². The van der Waals surface area contributed by atoms with Gasteiger partial charge in [0.25, 0.3) is 5.56 Å². The van der Waals surface area contributed by atoms with Crippen molar-refractivity contribution in [2.24, 2.45) is 0 Å². The highest BCUT2D eigenvalue weighted by Crippen LogP contribution is 2.26. The first-order chi connectivity index (χ1) is 12.0. The third-order valence-corrected chi connectivity index (χ3v) is 4.34. The van der Waals surface area contributed by atoms with Crippen molar-refractivity contribution in [3.8, 4) is 11.8 Å². The largest absolute Gasteiger partial charge is 0.495 e. The molecular formula is C19H16ClN3O2. The molecule has 3 aromatic rings. The van der Waals surface area contributed by atoms with Crippen LogP contribution in [-0.2, 0) is 0 Å². The number of rotatable bonds is 4. The normalized spacial score (nSPS) is 11.8. The van der Waals surface area contributed by atoms with E-state index in [-0.39, 0.29) is 11.6 Å². The molecule has 0 saturated heterocycles. The molecule has 0 spiro atoms. The number of hydrogen-bond acceptors (Lipinski definition) is 4. The lowest BCUT2D eigenvalue weighted by Crippen LogP contribution is -2.19. The predicted octanol–water partition coefficient (Wildman–Crippen LogP) is 4.23. The highest BCUT2D eigenvalue weighted by Gasteiger charge is 2.13. The third kappa shape index (κ3) is 3.30. The summed E-state index contributed by atoms with van der Waals surface area (Å²) in [6, 6.07) is 14.3. The second kappa shape index (κ2) is 6.88. The molecule has 1 heterocycles. The maximum atomic E-state index is 12.4. The van der Waals surface area contributed by atoms with Crippen molar-refractivity contribution in [1.82, 2.24) is 4.98 Å². The van der Waals surface area contributed by atoms with E-state index in [4.69, 9.17) is 21.6 Å². The zero-order valence-electron chi connectivity index (χ0n) is 13.8. The monoisotopic (exact) mass is 353 g/mol. The van der Waals surface area contributed by atoms with Gasteiger partial charge in [-0.05, 0) is 31.2 Å². The number of para-hydroxylation sites is 1. The number of nitriles is 1. The van der Waals surface area contributed by atoms with Crippen LogP contribution in [0.15, 0.2) is 47.3 Å². The minimum absolute atomic E-state index is 0.193. The Bertz CT molecular complexity index is 1040. The molecule has 2 aromatic carbocycles. The number of hydrogen-bond donors (Lipinski definition) is 2. The summed E-state index contributed by atoms with van der Waals surface area (Å²) in [4.78, 5) is 15.3. The Morgan fingerprint density at radius 2 is 2.08 bits per heavy atom. The number of H-pyrrole nitrogens is 1. The van der Waals surface area contributed by atoms with Crippen molar-refractivity contribution in [2.75, 3.05) is 12.4 Å². The summed E-state index contributed by atoms with van der Waals surface area (Å²) in [5.74, 6) is 0.485. The summed E-state index contributed by atoms with van der Waals surface area (Å²) in [6.07, 6.45) is 0. The number of anilines is 1. The average Bonchev–Trinajstić information content (AvgIpc) is 2.61. The lowest BCUT2D eigenvalue weighted by molar-refractivity contribution is 0.413. The van der Waals surface area contributed by atoms with Gasteiger partial charge in [-0.15, -0.1) is 0 Å². The Labute approximate surface area is 149 Å². The van der Waals surface area contributed by atoms with E-state index < -0.39 is 0 Å². The van der Waals surface area contributed by atoms with E-state index in [1.54, 1.807) is 24.3 Å². The van der Waals surface area contributed by atoms with Gasteiger partial charge >= 0.3 is 0 Å². The summed E-state index contributed by atoms with van der Waals surface area (Å²) in [7, 11) is 1.52. The standard InChI is InChI=1S/C19H16ClN3O2/c1-11(22-14-7-6-13(10-21)17(9-14)25-2)15-8-12-4-3-5-16(20)18(12)23-19(15)24/h3-9,11,22H,1-2H3,(H,23,24). The molecule has 0 fully saturated rings. The van der Waals surface area contributed by atoms with Crippen LogP contribution in [-0.4, -0.2) is 12.1 Å².